The molecule has 186 valence electrons. The molecule has 0 saturated carbocycles. The average molecular weight is 483 g/mol. The van der Waals surface area contributed by atoms with E-state index in [0.717, 1.165) is 30.3 Å². The number of carbonyl (C=O) groups is 2. The third-order valence-electron chi connectivity index (χ3n) is 6.48. The van der Waals surface area contributed by atoms with E-state index in [4.69, 9.17) is 0 Å². The molecule has 0 aliphatic rings. The number of aromatic nitrogens is 2. The zero-order valence-corrected chi connectivity index (χ0v) is 21.1. The van der Waals surface area contributed by atoms with Gasteiger partial charge in [-0.25, -0.2) is 0 Å². The first kappa shape index (κ1) is 25.2. The van der Waals surface area contributed by atoms with Crippen LogP contribution in [0.2, 0.25) is 0 Å². The van der Waals surface area contributed by atoms with Crippen LogP contribution in [0, 0.1) is 6.92 Å². The molecule has 0 saturated heterocycles. The summed E-state index contributed by atoms with van der Waals surface area (Å²) in [6.07, 6.45) is 7.75. The fourth-order valence-corrected chi connectivity index (χ4v) is 4.34. The van der Waals surface area contributed by atoms with Crippen LogP contribution in [0.1, 0.15) is 46.8 Å². The maximum absolute atomic E-state index is 13.7. The lowest BCUT2D eigenvalue weighted by Gasteiger charge is -2.28. The summed E-state index contributed by atoms with van der Waals surface area (Å²) in [5, 5.41) is 1.18. The van der Waals surface area contributed by atoms with Gasteiger partial charge in [-0.2, -0.15) is 0 Å². The van der Waals surface area contributed by atoms with E-state index in [0.29, 0.717) is 25.2 Å². The highest BCUT2D eigenvalue weighted by atomic mass is 16.2. The summed E-state index contributed by atoms with van der Waals surface area (Å²) in [5.41, 5.74) is 5.04. The van der Waals surface area contributed by atoms with Gasteiger partial charge in [-0.05, 0) is 49.1 Å². The average Bonchev–Trinajstić information content (AvgIpc) is 3.33. The van der Waals surface area contributed by atoms with Crippen LogP contribution >= 0.6 is 0 Å². The molecule has 0 bridgehead atoms. The van der Waals surface area contributed by atoms with E-state index in [1.807, 2.05) is 23.2 Å². The summed E-state index contributed by atoms with van der Waals surface area (Å²) < 4.78 is 0. The number of hydrogen-bond donors (Lipinski definition) is 1. The Morgan fingerprint density at radius 2 is 1.75 bits per heavy atom. The molecule has 2 aromatic carbocycles. The number of aromatic amines is 1. The molecule has 4 rings (SSSR count). The minimum atomic E-state index is -0.156. The minimum absolute atomic E-state index is 0.0491. The Kier molecular flexibility index (Phi) is 8.50. The maximum atomic E-state index is 13.7. The van der Waals surface area contributed by atoms with Gasteiger partial charge in [0, 0.05) is 49.1 Å². The summed E-state index contributed by atoms with van der Waals surface area (Å²) in [6, 6.07) is 20.0. The third-order valence-corrected chi connectivity index (χ3v) is 6.48. The van der Waals surface area contributed by atoms with Crippen molar-refractivity contribution >= 4 is 22.7 Å². The molecule has 2 amide bonds. The van der Waals surface area contributed by atoms with Gasteiger partial charge in [0.25, 0.3) is 5.91 Å². The number of nitrogens with zero attached hydrogens (tertiary/aromatic N) is 3. The van der Waals surface area contributed by atoms with Crippen LogP contribution in [0.5, 0.6) is 0 Å². The number of pyridine rings is 1. The predicted molar refractivity (Wildman–Crippen MR) is 144 cm³/mol. The quantitative estimate of drug-likeness (QED) is 0.312. The number of H-pyrrole nitrogens is 1. The molecule has 0 aliphatic carbocycles. The van der Waals surface area contributed by atoms with Crippen molar-refractivity contribution < 1.29 is 9.59 Å². The Hall–Kier alpha value is -3.93. The van der Waals surface area contributed by atoms with Gasteiger partial charge in [-0.3, -0.25) is 14.6 Å². The number of benzene rings is 2. The number of hydrogen-bond acceptors (Lipinski definition) is 3. The number of nitrogens with one attached hydrogen (secondary N) is 1. The molecule has 0 aliphatic heterocycles. The highest BCUT2D eigenvalue weighted by Gasteiger charge is 2.23. The Labute approximate surface area is 213 Å². The van der Waals surface area contributed by atoms with E-state index in [-0.39, 0.29) is 18.4 Å². The Bertz CT molecular complexity index is 1280. The van der Waals surface area contributed by atoms with Crippen molar-refractivity contribution in [2.75, 3.05) is 19.6 Å². The molecule has 0 spiro atoms. The second-order valence-electron chi connectivity index (χ2n) is 9.23. The van der Waals surface area contributed by atoms with Crippen LogP contribution in [0.25, 0.3) is 10.9 Å². The molecule has 6 nitrogen and oxygen atoms in total. The standard InChI is InChI=1S/C30H34N4O2/c1-3-4-17-34(30(36)26-8-7-16-31-19-26)22-29(35)33(21-24-13-11-23(2)12-14-24)18-15-25-20-32-28-10-6-5-9-27(25)28/h5-14,16,19-20,32H,3-4,15,17-18,21-22H2,1-2H3. The van der Waals surface area contributed by atoms with Crippen molar-refractivity contribution in [1.29, 1.82) is 0 Å². The lowest BCUT2D eigenvalue weighted by atomic mass is 10.1. The topological polar surface area (TPSA) is 69.3 Å². The van der Waals surface area contributed by atoms with Gasteiger partial charge in [-0.15, -0.1) is 0 Å². The van der Waals surface area contributed by atoms with Gasteiger partial charge in [0.1, 0.15) is 6.54 Å². The predicted octanol–water partition coefficient (Wildman–Crippen LogP) is 5.39. The van der Waals surface area contributed by atoms with E-state index in [2.05, 4.69) is 60.2 Å². The minimum Gasteiger partial charge on any atom is -0.361 e. The highest BCUT2D eigenvalue weighted by Crippen LogP contribution is 2.19. The van der Waals surface area contributed by atoms with Gasteiger partial charge in [0.15, 0.2) is 0 Å². The van der Waals surface area contributed by atoms with Crippen molar-refractivity contribution in [2.24, 2.45) is 0 Å². The van der Waals surface area contributed by atoms with E-state index < -0.39 is 0 Å². The van der Waals surface area contributed by atoms with Crippen LogP contribution in [0.4, 0.5) is 0 Å². The van der Waals surface area contributed by atoms with Gasteiger partial charge in [0.2, 0.25) is 5.91 Å². The Morgan fingerprint density at radius 3 is 2.50 bits per heavy atom. The number of aryl methyl sites for hydroxylation is 1. The molecule has 1 N–H and O–H groups in total. The summed E-state index contributed by atoms with van der Waals surface area (Å²) in [7, 11) is 0. The van der Waals surface area contributed by atoms with Crippen LogP contribution < -0.4 is 0 Å². The summed E-state index contributed by atoms with van der Waals surface area (Å²) >= 11 is 0. The molecule has 6 heteroatoms. The van der Waals surface area contributed by atoms with Crippen LogP contribution in [0.15, 0.2) is 79.3 Å². The van der Waals surface area contributed by atoms with Crippen molar-refractivity contribution in [1.82, 2.24) is 19.8 Å². The van der Waals surface area contributed by atoms with Crippen LogP contribution in [0.3, 0.4) is 0 Å². The number of para-hydroxylation sites is 1. The van der Waals surface area contributed by atoms with Crippen molar-refractivity contribution in [3.05, 3.63) is 102 Å². The number of amides is 2. The number of fused-ring (bicyclic) bond motifs is 1. The molecule has 4 aromatic rings. The van der Waals surface area contributed by atoms with Gasteiger partial charge >= 0.3 is 0 Å². The van der Waals surface area contributed by atoms with E-state index in [1.165, 1.54) is 16.5 Å². The van der Waals surface area contributed by atoms with E-state index >= 15 is 0 Å². The first-order chi connectivity index (χ1) is 17.5. The molecule has 0 unspecified atom stereocenters. The van der Waals surface area contributed by atoms with Crippen molar-refractivity contribution in [3.63, 3.8) is 0 Å². The summed E-state index contributed by atoms with van der Waals surface area (Å²) in [4.78, 5) is 37.8. The Morgan fingerprint density at radius 1 is 0.944 bits per heavy atom. The Balaban J connectivity index is 1.53. The normalized spacial score (nSPS) is 10.9. The van der Waals surface area contributed by atoms with Crippen LogP contribution in [-0.4, -0.2) is 51.2 Å². The lowest BCUT2D eigenvalue weighted by molar-refractivity contribution is -0.132. The largest absolute Gasteiger partial charge is 0.361 e. The fourth-order valence-electron chi connectivity index (χ4n) is 4.34. The zero-order chi connectivity index (χ0) is 25.3. The highest BCUT2D eigenvalue weighted by molar-refractivity contribution is 5.96. The zero-order valence-electron chi connectivity index (χ0n) is 21.1. The monoisotopic (exact) mass is 482 g/mol. The smallest absolute Gasteiger partial charge is 0.255 e. The molecule has 36 heavy (non-hydrogen) atoms. The first-order valence-corrected chi connectivity index (χ1v) is 12.6. The molecule has 2 heterocycles. The van der Waals surface area contributed by atoms with Crippen molar-refractivity contribution in [2.45, 2.75) is 39.7 Å². The van der Waals surface area contributed by atoms with Gasteiger partial charge in [0.05, 0.1) is 5.56 Å². The number of unbranched alkanes of at least 4 members (excludes halogenated alkanes) is 1. The van der Waals surface area contributed by atoms with Gasteiger partial charge < -0.3 is 14.8 Å². The molecule has 0 radical (unpaired) electrons. The number of rotatable bonds is 11. The summed E-state index contributed by atoms with van der Waals surface area (Å²) in [6.45, 7) is 5.80. The third kappa shape index (κ3) is 6.39. The summed E-state index contributed by atoms with van der Waals surface area (Å²) in [5.74, 6) is -0.208. The second-order valence-corrected chi connectivity index (χ2v) is 9.23. The first-order valence-electron chi connectivity index (χ1n) is 12.6. The van der Waals surface area contributed by atoms with Gasteiger partial charge in [-0.1, -0.05) is 61.4 Å². The molecule has 0 atom stereocenters. The second kappa shape index (κ2) is 12.2. The number of carbonyl (C=O) groups excluding carboxylic acids is 2. The van der Waals surface area contributed by atoms with E-state index in [9.17, 15) is 9.59 Å². The SMILES string of the molecule is CCCCN(CC(=O)N(CCc1c[nH]c2ccccc12)Cc1ccc(C)cc1)C(=O)c1cccnc1. The molecule has 2 aromatic heterocycles. The van der Waals surface area contributed by atoms with E-state index in [1.54, 1.807) is 29.4 Å². The molecular weight excluding hydrogens is 448 g/mol. The van der Waals surface area contributed by atoms with Crippen LogP contribution in [-0.2, 0) is 17.8 Å². The maximum Gasteiger partial charge on any atom is 0.255 e. The molecule has 0 fully saturated rings. The van der Waals surface area contributed by atoms with Crippen molar-refractivity contribution in [3.8, 4) is 0 Å². The fraction of sp³-hybridized carbons (Fsp3) is 0.300. The molecular formula is C30H34N4O2. The lowest BCUT2D eigenvalue weighted by Crippen LogP contribution is -2.43.